The number of nitriles is 1. The molecule has 7 heteroatoms. The third kappa shape index (κ3) is 4.36. The molecule has 0 saturated carbocycles. The van der Waals surface area contributed by atoms with Crippen LogP contribution in [0.1, 0.15) is 21.6 Å². The fourth-order valence-corrected chi connectivity index (χ4v) is 2.07. The van der Waals surface area contributed by atoms with Gasteiger partial charge in [0.2, 0.25) is 0 Å². The quantitative estimate of drug-likeness (QED) is 0.744. The van der Waals surface area contributed by atoms with Crippen LogP contribution in [0.4, 0.5) is 11.5 Å². The van der Waals surface area contributed by atoms with Crippen LogP contribution in [0.2, 0.25) is 0 Å². The molecule has 0 fully saturated rings. The van der Waals surface area contributed by atoms with Gasteiger partial charge < -0.3 is 10.6 Å². The lowest BCUT2D eigenvalue weighted by atomic mass is 10.2. The molecule has 2 aromatic heterocycles. The fraction of sp³-hybridized carbons (Fsp3) is 0.0556. The summed E-state index contributed by atoms with van der Waals surface area (Å²) in [5.74, 6) is 0.204. The molecular weight excluding hydrogens is 316 g/mol. The van der Waals surface area contributed by atoms with Gasteiger partial charge in [0.05, 0.1) is 11.6 Å². The van der Waals surface area contributed by atoms with Gasteiger partial charge in [-0.2, -0.15) is 5.26 Å². The van der Waals surface area contributed by atoms with Crippen molar-refractivity contribution in [2.24, 2.45) is 0 Å². The molecule has 1 aromatic carbocycles. The lowest BCUT2D eigenvalue weighted by molar-refractivity contribution is 0.0945. The van der Waals surface area contributed by atoms with Crippen molar-refractivity contribution in [3.63, 3.8) is 0 Å². The van der Waals surface area contributed by atoms with E-state index in [1.54, 1.807) is 48.8 Å². The Morgan fingerprint density at radius 3 is 2.56 bits per heavy atom. The Hall–Kier alpha value is -3.79. The van der Waals surface area contributed by atoms with Gasteiger partial charge in [-0.3, -0.25) is 9.78 Å². The summed E-state index contributed by atoms with van der Waals surface area (Å²) in [6, 6.07) is 16.0. The summed E-state index contributed by atoms with van der Waals surface area (Å²) in [4.78, 5) is 16.1. The van der Waals surface area contributed by atoms with Crippen LogP contribution in [-0.4, -0.2) is 21.1 Å². The molecule has 2 heterocycles. The lowest BCUT2D eigenvalue weighted by Crippen LogP contribution is -2.24. The first-order valence-corrected chi connectivity index (χ1v) is 7.52. The van der Waals surface area contributed by atoms with Crippen LogP contribution in [0.5, 0.6) is 0 Å². The molecule has 0 unspecified atom stereocenters. The number of carbonyl (C=O) groups excluding carboxylic acids is 1. The van der Waals surface area contributed by atoms with Crippen molar-refractivity contribution in [2.75, 3.05) is 5.32 Å². The number of hydrogen-bond acceptors (Lipinski definition) is 6. The van der Waals surface area contributed by atoms with Crippen LogP contribution in [0.25, 0.3) is 0 Å². The molecule has 0 atom stereocenters. The number of benzene rings is 1. The van der Waals surface area contributed by atoms with E-state index in [1.807, 2.05) is 12.1 Å². The van der Waals surface area contributed by atoms with E-state index in [1.165, 1.54) is 0 Å². The monoisotopic (exact) mass is 330 g/mol. The Kier molecular flexibility index (Phi) is 4.93. The lowest BCUT2D eigenvalue weighted by Gasteiger charge is -2.06. The van der Waals surface area contributed by atoms with Crippen molar-refractivity contribution in [1.82, 2.24) is 20.5 Å². The van der Waals surface area contributed by atoms with Gasteiger partial charge in [0.15, 0.2) is 11.5 Å². The third-order valence-electron chi connectivity index (χ3n) is 3.36. The minimum Gasteiger partial charge on any atom is -0.347 e. The molecule has 0 spiro atoms. The molecule has 0 aliphatic heterocycles. The van der Waals surface area contributed by atoms with Crippen molar-refractivity contribution in [3.8, 4) is 6.07 Å². The molecular formula is C18H14N6O. The summed E-state index contributed by atoms with van der Waals surface area (Å²) in [7, 11) is 0. The molecule has 2 N–H and O–H groups in total. The van der Waals surface area contributed by atoms with Crippen LogP contribution < -0.4 is 10.6 Å². The van der Waals surface area contributed by atoms with Crippen LogP contribution in [0.15, 0.2) is 60.9 Å². The van der Waals surface area contributed by atoms with Gasteiger partial charge in [0, 0.05) is 24.6 Å². The van der Waals surface area contributed by atoms with Gasteiger partial charge in [-0.15, -0.1) is 10.2 Å². The van der Waals surface area contributed by atoms with Crippen LogP contribution in [-0.2, 0) is 6.54 Å². The molecule has 3 rings (SSSR count). The summed E-state index contributed by atoms with van der Waals surface area (Å²) < 4.78 is 0. The molecule has 25 heavy (non-hydrogen) atoms. The highest BCUT2D eigenvalue weighted by Crippen LogP contribution is 2.14. The minimum atomic E-state index is -0.304. The van der Waals surface area contributed by atoms with Crippen LogP contribution >= 0.6 is 0 Å². The summed E-state index contributed by atoms with van der Waals surface area (Å²) >= 11 is 0. The molecule has 1 amide bonds. The normalized spacial score (nSPS) is 9.88. The Balaban J connectivity index is 1.59. The molecule has 0 aliphatic rings. The molecule has 122 valence electrons. The second kappa shape index (κ2) is 7.66. The average Bonchev–Trinajstić information content (AvgIpc) is 2.68. The summed E-state index contributed by atoms with van der Waals surface area (Å²) in [6.07, 6.45) is 3.37. The fourth-order valence-electron chi connectivity index (χ4n) is 2.07. The maximum Gasteiger partial charge on any atom is 0.272 e. The van der Waals surface area contributed by atoms with Gasteiger partial charge in [-0.05, 0) is 48.0 Å². The minimum absolute atomic E-state index is 0.231. The Bertz CT molecular complexity index is 886. The van der Waals surface area contributed by atoms with Crippen molar-refractivity contribution >= 4 is 17.4 Å². The summed E-state index contributed by atoms with van der Waals surface area (Å²) in [6.45, 7) is 0.375. The zero-order valence-corrected chi connectivity index (χ0v) is 13.2. The smallest absolute Gasteiger partial charge is 0.272 e. The van der Waals surface area contributed by atoms with E-state index in [4.69, 9.17) is 5.26 Å². The predicted octanol–water partition coefficient (Wildman–Crippen LogP) is 2.42. The second-order valence-electron chi connectivity index (χ2n) is 5.16. The second-order valence-corrected chi connectivity index (χ2v) is 5.16. The molecule has 3 aromatic rings. The number of nitrogens with zero attached hydrogens (tertiary/aromatic N) is 4. The van der Waals surface area contributed by atoms with Crippen LogP contribution in [0.3, 0.4) is 0 Å². The first-order chi connectivity index (χ1) is 12.2. The first-order valence-electron chi connectivity index (χ1n) is 7.52. The summed E-state index contributed by atoms with van der Waals surface area (Å²) in [5.41, 5.74) is 2.50. The number of aromatic nitrogens is 3. The highest BCUT2D eigenvalue weighted by atomic mass is 16.1. The number of anilines is 2. The van der Waals surface area contributed by atoms with E-state index in [-0.39, 0.29) is 11.6 Å². The first kappa shape index (κ1) is 16.1. The van der Waals surface area contributed by atoms with Gasteiger partial charge in [-0.25, -0.2) is 0 Å². The van der Waals surface area contributed by atoms with Crippen LogP contribution in [0, 0.1) is 11.3 Å². The standard InChI is InChI=1S/C18H14N6O/c19-10-13-3-5-15(6-4-13)22-17-8-7-16(23-24-17)18(25)21-12-14-2-1-9-20-11-14/h1-9,11H,12H2,(H,21,25)(H,22,24). The van der Waals surface area contributed by atoms with E-state index in [0.717, 1.165) is 11.3 Å². The number of amides is 1. The van der Waals surface area contributed by atoms with Gasteiger partial charge >= 0.3 is 0 Å². The van der Waals surface area contributed by atoms with Crippen molar-refractivity contribution in [2.45, 2.75) is 6.54 Å². The Morgan fingerprint density at radius 1 is 1.08 bits per heavy atom. The maximum atomic E-state index is 12.1. The highest BCUT2D eigenvalue weighted by Gasteiger charge is 2.08. The zero-order valence-electron chi connectivity index (χ0n) is 13.2. The Morgan fingerprint density at radius 2 is 1.92 bits per heavy atom. The van der Waals surface area contributed by atoms with Gasteiger partial charge in [0.25, 0.3) is 5.91 Å². The van der Waals surface area contributed by atoms with E-state index in [2.05, 4.69) is 31.9 Å². The molecule has 0 radical (unpaired) electrons. The topological polar surface area (TPSA) is 104 Å². The zero-order chi connectivity index (χ0) is 17.5. The average molecular weight is 330 g/mol. The third-order valence-corrected chi connectivity index (χ3v) is 3.36. The van der Waals surface area contributed by atoms with Crippen molar-refractivity contribution < 1.29 is 4.79 Å². The van der Waals surface area contributed by atoms with E-state index < -0.39 is 0 Å². The molecule has 0 saturated heterocycles. The number of hydrogen-bond donors (Lipinski definition) is 2. The van der Waals surface area contributed by atoms with Crippen molar-refractivity contribution in [1.29, 1.82) is 5.26 Å². The van der Waals surface area contributed by atoms with Gasteiger partial charge in [0.1, 0.15) is 0 Å². The highest BCUT2D eigenvalue weighted by molar-refractivity contribution is 5.92. The molecule has 0 bridgehead atoms. The predicted molar refractivity (Wildman–Crippen MR) is 91.9 cm³/mol. The molecule has 0 aliphatic carbocycles. The summed E-state index contributed by atoms with van der Waals surface area (Å²) in [5, 5.41) is 22.5. The number of rotatable bonds is 5. The van der Waals surface area contributed by atoms with E-state index >= 15 is 0 Å². The van der Waals surface area contributed by atoms with Gasteiger partial charge in [-0.1, -0.05) is 6.07 Å². The number of nitrogens with one attached hydrogen (secondary N) is 2. The number of pyridine rings is 1. The van der Waals surface area contributed by atoms with Crippen molar-refractivity contribution in [3.05, 3.63) is 77.7 Å². The maximum absolute atomic E-state index is 12.1. The SMILES string of the molecule is N#Cc1ccc(Nc2ccc(C(=O)NCc3cccnc3)nn2)cc1. The van der Waals surface area contributed by atoms with E-state index in [0.29, 0.717) is 17.9 Å². The Labute approximate surface area is 144 Å². The number of carbonyl (C=O) groups is 1. The molecule has 7 nitrogen and oxygen atoms in total. The largest absolute Gasteiger partial charge is 0.347 e. The van der Waals surface area contributed by atoms with E-state index in [9.17, 15) is 4.79 Å².